The third kappa shape index (κ3) is 4.77. The Morgan fingerprint density at radius 3 is 2.48 bits per heavy atom. The van der Waals surface area contributed by atoms with Crippen LogP contribution in [0.1, 0.15) is 27.2 Å². The van der Waals surface area contributed by atoms with E-state index in [1.54, 1.807) is 32.0 Å². The van der Waals surface area contributed by atoms with E-state index in [9.17, 15) is 9.59 Å². The van der Waals surface area contributed by atoms with Crippen molar-refractivity contribution in [1.29, 1.82) is 0 Å². The molecular formula is C23H24O6. The lowest BCUT2D eigenvalue weighted by Gasteiger charge is -2.13. The van der Waals surface area contributed by atoms with Gasteiger partial charge in [-0.3, -0.25) is 4.79 Å². The lowest BCUT2D eigenvalue weighted by Crippen LogP contribution is -2.26. The van der Waals surface area contributed by atoms with E-state index in [4.69, 9.17) is 18.6 Å². The van der Waals surface area contributed by atoms with Gasteiger partial charge in [-0.25, -0.2) is 4.79 Å². The topological polar surface area (TPSA) is 75.0 Å². The second-order valence-electron chi connectivity index (χ2n) is 6.52. The second kappa shape index (κ2) is 9.28. The van der Waals surface area contributed by atoms with Gasteiger partial charge in [0.15, 0.2) is 11.5 Å². The highest BCUT2D eigenvalue weighted by molar-refractivity contribution is 5.83. The van der Waals surface area contributed by atoms with Gasteiger partial charge in [0.1, 0.15) is 23.3 Å². The zero-order valence-electron chi connectivity index (χ0n) is 16.8. The highest BCUT2D eigenvalue weighted by Gasteiger charge is 2.17. The monoisotopic (exact) mass is 396 g/mol. The van der Waals surface area contributed by atoms with E-state index in [-0.39, 0.29) is 12.0 Å². The molecule has 3 aromatic rings. The minimum atomic E-state index is -0.758. The van der Waals surface area contributed by atoms with Crippen molar-refractivity contribution in [2.24, 2.45) is 0 Å². The van der Waals surface area contributed by atoms with Crippen molar-refractivity contribution in [3.63, 3.8) is 0 Å². The molecular weight excluding hydrogens is 372 g/mol. The average molecular weight is 396 g/mol. The van der Waals surface area contributed by atoms with E-state index in [1.165, 1.54) is 6.26 Å². The summed E-state index contributed by atoms with van der Waals surface area (Å²) in [6, 6.07) is 12.2. The van der Waals surface area contributed by atoms with Crippen LogP contribution >= 0.6 is 0 Å². The fourth-order valence-electron chi connectivity index (χ4n) is 2.84. The molecule has 1 aromatic heterocycles. The molecule has 3 rings (SSSR count). The van der Waals surface area contributed by atoms with Crippen LogP contribution in [0.5, 0.6) is 11.5 Å². The Labute approximate surface area is 169 Å². The smallest absolute Gasteiger partial charge is 0.347 e. The minimum absolute atomic E-state index is 0.140. The molecule has 0 fully saturated rings. The number of carbonyl (C=O) groups excluding carboxylic acids is 1. The van der Waals surface area contributed by atoms with Crippen LogP contribution in [0.4, 0.5) is 0 Å². The summed E-state index contributed by atoms with van der Waals surface area (Å²) in [4.78, 5) is 24.6. The number of carbonyl (C=O) groups is 1. The predicted molar refractivity (Wildman–Crippen MR) is 110 cm³/mol. The Balaban J connectivity index is 1.85. The molecule has 1 heterocycles. The number of fused-ring (bicyclic) bond motifs is 1. The molecule has 29 heavy (non-hydrogen) atoms. The Bertz CT molecular complexity index is 1040. The fourth-order valence-corrected chi connectivity index (χ4v) is 2.84. The normalized spacial score (nSPS) is 11.8. The van der Waals surface area contributed by atoms with E-state index in [1.807, 2.05) is 31.2 Å². The number of rotatable bonds is 8. The van der Waals surface area contributed by atoms with Crippen LogP contribution in [-0.2, 0) is 9.53 Å². The van der Waals surface area contributed by atoms with E-state index >= 15 is 0 Å². The van der Waals surface area contributed by atoms with E-state index in [2.05, 4.69) is 0 Å². The third-order valence-electron chi connectivity index (χ3n) is 4.32. The van der Waals surface area contributed by atoms with Crippen molar-refractivity contribution in [1.82, 2.24) is 0 Å². The van der Waals surface area contributed by atoms with Crippen molar-refractivity contribution in [3.05, 3.63) is 59.0 Å². The quantitative estimate of drug-likeness (QED) is 0.519. The lowest BCUT2D eigenvalue weighted by atomic mass is 10.1. The van der Waals surface area contributed by atoms with Crippen molar-refractivity contribution >= 4 is 16.9 Å². The summed E-state index contributed by atoms with van der Waals surface area (Å²) in [6.45, 7) is 6.32. The first kappa shape index (κ1) is 20.5. The molecule has 0 N–H and O–H groups in total. The van der Waals surface area contributed by atoms with Gasteiger partial charge in [0.2, 0.25) is 0 Å². The Morgan fingerprint density at radius 1 is 1.07 bits per heavy atom. The first-order valence-corrected chi connectivity index (χ1v) is 9.65. The average Bonchev–Trinajstić information content (AvgIpc) is 2.73. The molecule has 0 saturated carbocycles. The Kier molecular flexibility index (Phi) is 6.54. The molecule has 1 atom stereocenters. The summed E-state index contributed by atoms with van der Waals surface area (Å²) >= 11 is 0. The van der Waals surface area contributed by atoms with Crippen LogP contribution in [-0.4, -0.2) is 25.3 Å². The van der Waals surface area contributed by atoms with Crippen molar-refractivity contribution in [2.75, 3.05) is 13.2 Å². The van der Waals surface area contributed by atoms with Gasteiger partial charge in [-0.2, -0.15) is 0 Å². The van der Waals surface area contributed by atoms with Crippen LogP contribution in [0.15, 0.2) is 57.9 Å². The van der Waals surface area contributed by atoms with Crippen LogP contribution < -0.4 is 14.9 Å². The van der Waals surface area contributed by atoms with Crippen LogP contribution in [0.2, 0.25) is 0 Å². The summed E-state index contributed by atoms with van der Waals surface area (Å²) < 4.78 is 21.8. The van der Waals surface area contributed by atoms with E-state index in [0.29, 0.717) is 28.9 Å². The molecule has 0 saturated heterocycles. The van der Waals surface area contributed by atoms with Gasteiger partial charge in [-0.1, -0.05) is 19.1 Å². The molecule has 0 unspecified atom stereocenters. The number of ether oxygens (including phenoxy) is 3. The maximum atomic E-state index is 12.9. The van der Waals surface area contributed by atoms with Crippen molar-refractivity contribution in [2.45, 2.75) is 33.3 Å². The Morgan fingerprint density at radius 2 is 1.79 bits per heavy atom. The molecule has 0 aliphatic rings. The van der Waals surface area contributed by atoms with Crippen molar-refractivity contribution < 1.29 is 23.4 Å². The van der Waals surface area contributed by atoms with Crippen LogP contribution in [0.25, 0.3) is 22.1 Å². The molecule has 6 nitrogen and oxygen atoms in total. The molecule has 152 valence electrons. The van der Waals surface area contributed by atoms with Gasteiger partial charge in [-0.15, -0.1) is 0 Å². The fraction of sp³-hybridized carbons (Fsp3) is 0.304. The molecule has 0 aliphatic heterocycles. The standard InChI is InChI=1S/C23H24O6/c1-4-12-27-17-8-6-16(7-9-17)20-14-28-21-13-18(10-11-19(21)22(20)24)29-15(3)23(25)26-5-2/h6-11,13-15H,4-5,12H2,1-3H3/t15-/m0/s1. The highest BCUT2D eigenvalue weighted by Crippen LogP contribution is 2.25. The van der Waals surface area contributed by atoms with Gasteiger partial charge in [0.25, 0.3) is 0 Å². The van der Waals surface area contributed by atoms with Crippen LogP contribution in [0, 0.1) is 0 Å². The zero-order valence-corrected chi connectivity index (χ0v) is 16.8. The summed E-state index contributed by atoms with van der Waals surface area (Å²) in [5, 5.41) is 0.435. The molecule has 0 spiro atoms. The first-order valence-electron chi connectivity index (χ1n) is 9.65. The van der Waals surface area contributed by atoms with Gasteiger partial charge in [0.05, 0.1) is 24.2 Å². The number of hydrogen-bond donors (Lipinski definition) is 0. The molecule has 2 aromatic carbocycles. The van der Waals surface area contributed by atoms with Gasteiger partial charge in [0, 0.05) is 6.07 Å². The third-order valence-corrected chi connectivity index (χ3v) is 4.32. The minimum Gasteiger partial charge on any atom is -0.494 e. The second-order valence-corrected chi connectivity index (χ2v) is 6.52. The molecule has 0 radical (unpaired) electrons. The summed E-state index contributed by atoms with van der Waals surface area (Å²) in [5.41, 5.74) is 1.46. The number of esters is 1. The van der Waals surface area contributed by atoms with Crippen molar-refractivity contribution in [3.8, 4) is 22.6 Å². The Hall–Kier alpha value is -3.28. The van der Waals surface area contributed by atoms with E-state index in [0.717, 1.165) is 17.7 Å². The number of hydrogen-bond acceptors (Lipinski definition) is 6. The predicted octanol–water partition coefficient (Wildman–Crippen LogP) is 4.58. The molecule has 0 bridgehead atoms. The zero-order chi connectivity index (χ0) is 20.8. The largest absolute Gasteiger partial charge is 0.494 e. The van der Waals surface area contributed by atoms with Gasteiger partial charge in [-0.05, 0) is 50.1 Å². The SMILES string of the molecule is CCCOc1ccc(-c2coc3cc(O[C@@H](C)C(=O)OCC)ccc3c2=O)cc1. The first-order chi connectivity index (χ1) is 14.0. The number of benzene rings is 2. The summed E-state index contributed by atoms with van der Waals surface area (Å²) in [6.07, 6.45) is 1.61. The van der Waals surface area contributed by atoms with Gasteiger partial charge < -0.3 is 18.6 Å². The molecule has 0 aliphatic carbocycles. The maximum Gasteiger partial charge on any atom is 0.347 e. The molecule has 6 heteroatoms. The maximum absolute atomic E-state index is 12.9. The molecule has 0 amide bonds. The van der Waals surface area contributed by atoms with Gasteiger partial charge >= 0.3 is 5.97 Å². The van der Waals surface area contributed by atoms with Crippen LogP contribution in [0.3, 0.4) is 0 Å². The lowest BCUT2D eigenvalue weighted by molar-refractivity contribution is -0.150. The van der Waals surface area contributed by atoms with E-state index < -0.39 is 12.1 Å². The summed E-state index contributed by atoms with van der Waals surface area (Å²) in [7, 11) is 0. The highest BCUT2D eigenvalue weighted by atomic mass is 16.6. The summed E-state index contributed by atoms with van der Waals surface area (Å²) in [5.74, 6) is 0.737.